The van der Waals surface area contributed by atoms with E-state index in [4.69, 9.17) is 4.98 Å². The Kier molecular flexibility index (Phi) is 6.99. The first-order valence-corrected chi connectivity index (χ1v) is 12.1. The minimum Gasteiger partial charge on any atom is -0.370 e. The number of hydrogen-bond acceptors (Lipinski definition) is 7. The summed E-state index contributed by atoms with van der Waals surface area (Å²) in [5.74, 6) is 1.89. The van der Waals surface area contributed by atoms with Gasteiger partial charge in [0.1, 0.15) is 5.82 Å². The van der Waals surface area contributed by atoms with Crippen LogP contribution in [0.4, 0.5) is 23.0 Å². The lowest BCUT2D eigenvalue weighted by Crippen LogP contribution is -2.10. The quantitative estimate of drug-likeness (QED) is 0.284. The summed E-state index contributed by atoms with van der Waals surface area (Å²) in [6, 6.07) is 10.9. The van der Waals surface area contributed by atoms with Crippen LogP contribution in [0.1, 0.15) is 56.9 Å². The number of anilines is 3. The summed E-state index contributed by atoms with van der Waals surface area (Å²) in [6.07, 6.45) is 6.43. The van der Waals surface area contributed by atoms with Crippen molar-refractivity contribution in [3.05, 3.63) is 56.9 Å². The topological polar surface area (TPSA) is 93.0 Å². The number of nitrogens with zero attached hydrogens (tertiary/aromatic N) is 3. The highest BCUT2D eigenvalue weighted by atomic mass is 32.1. The molecule has 1 saturated carbocycles. The van der Waals surface area contributed by atoms with Crippen LogP contribution in [0.2, 0.25) is 0 Å². The highest BCUT2D eigenvalue weighted by Crippen LogP contribution is 2.36. The normalized spacial score (nSPS) is 14.5. The van der Waals surface area contributed by atoms with Gasteiger partial charge >= 0.3 is 5.69 Å². The summed E-state index contributed by atoms with van der Waals surface area (Å²) in [4.78, 5) is 20.4. The summed E-state index contributed by atoms with van der Waals surface area (Å²) < 4.78 is 0. The Morgan fingerprint density at radius 1 is 1.09 bits per heavy atom. The van der Waals surface area contributed by atoms with Gasteiger partial charge in [-0.1, -0.05) is 45.2 Å². The molecule has 0 unspecified atom stereocenters. The van der Waals surface area contributed by atoms with Gasteiger partial charge in [-0.25, -0.2) is 9.97 Å². The number of rotatable bonds is 8. The van der Waals surface area contributed by atoms with Gasteiger partial charge in [-0.2, -0.15) is 0 Å². The van der Waals surface area contributed by atoms with Gasteiger partial charge in [-0.05, 0) is 37.0 Å². The first-order valence-electron chi connectivity index (χ1n) is 11.2. The van der Waals surface area contributed by atoms with Gasteiger partial charge in [0, 0.05) is 35.2 Å². The third-order valence-corrected chi connectivity index (χ3v) is 6.69. The first-order chi connectivity index (χ1) is 15.5. The molecule has 32 heavy (non-hydrogen) atoms. The molecule has 2 N–H and O–H groups in total. The molecule has 0 saturated heterocycles. The molecule has 0 spiro atoms. The van der Waals surface area contributed by atoms with E-state index in [1.807, 2.05) is 24.3 Å². The molecule has 0 amide bonds. The Morgan fingerprint density at radius 3 is 2.53 bits per heavy atom. The van der Waals surface area contributed by atoms with Crippen LogP contribution in [-0.2, 0) is 0 Å². The van der Waals surface area contributed by atoms with Gasteiger partial charge in [0.05, 0.1) is 15.6 Å². The summed E-state index contributed by atoms with van der Waals surface area (Å²) >= 11 is 1.75. The lowest BCUT2D eigenvalue weighted by atomic mass is 9.90. The molecule has 2 heterocycles. The van der Waals surface area contributed by atoms with Gasteiger partial charge in [0.2, 0.25) is 5.82 Å². The molecule has 0 radical (unpaired) electrons. The van der Waals surface area contributed by atoms with Gasteiger partial charge in [0.15, 0.2) is 0 Å². The predicted octanol–water partition coefficient (Wildman–Crippen LogP) is 6.97. The maximum atomic E-state index is 11.5. The molecule has 1 aromatic carbocycles. The van der Waals surface area contributed by atoms with Crippen molar-refractivity contribution >= 4 is 34.3 Å². The van der Waals surface area contributed by atoms with Crippen LogP contribution >= 0.6 is 11.3 Å². The van der Waals surface area contributed by atoms with E-state index < -0.39 is 4.92 Å². The third-order valence-electron chi connectivity index (χ3n) is 5.68. The summed E-state index contributed by atoms with van der Waals surface area (Å²) in [5.41, 5.74) is 2.73. The van der Waals surface area contributed by atoms with Crippen molar-refractivity contribution in [2.24, 2.45) is 5.92 Å². The fourth-order valence-corrected chi connectivity index (χ4v) is 4.92. The minimum atomic E-state index is -0.419. The summed E-state index contributed by atoms with van der Waals surface area (Å²) in [6.45, 7) is 4.94. The van der Waals surface area contributed by atoms with E-state index in [9.17, 15) is 10.1 Å². The van der Waals surface area contributed by atoms with Crippen molar-refractivity contribution in [1.29, 1.82) is 0 Å². The Labute approximate surface area is 192 Å². The second-order valence-electron chi connectivity index (χ2n) is 8.70. The molecule has 0 atom stereocenters. The second kappa shape index (κ2) is 10.1. The second-order valence-corrected chi connectivity index (χ2v) is 9.59. The Balaban J connectivity index is 1.49. The number of thiazole rings is 1. The predicted molar refractivity (Wildman–Crippen MR) is 131 cm³/mol. The van der Waals surface area contributed by atoms with Crippen molar-refractivity contribution in [1.82, 2.24) is 9.97 Å². The molecule has 1 fully saturated rings. The lowest BCUT2D eigenvalue weighted by molar-refractivity contribution is -0.384. The van der Waals surface area contributed by atoms with Gasteiger partial charge < -0.3 is 10.6 Å². The Morgan fingerprint density at radius 2 is 1.84 bits per heavy atom. The molecule has 0 aliphatic heterocycles. The molecule has 4 rings (SSSR count). The maximum Gasteiger partial charge on any atom is 0.311 e. The summed E-state index contributed by atoms with van der Waals surface area (Å²) in [7, 11) is 0. The van der Waals surface area contributed by atoms with E-state index >= 15 is 0 Å². The van der Waals surface area contributed by atoms with Crippen molar-refractivity contribution in [2.75, 3.05) is 17.2 Å². The van der Waals surface area contributed by atoms with E-state index in [0.29, 0.717) is 17.7 Å². The number of nitro groups is 1. The number of nitrogens with one attached hydrogen (secondary N) is 2. The molecule has 1 aliphatic carbocycles. The zero-order chi connectivity index (χ0) is 22.5. The van der Waals surface area contributed by atoms with Crippen molar-refractivity contribution in [3.8, 4) is 11.3 Å². The third kappa shape index (κ3) is 5.43. The van der Waals surface area contributed by atoms with Crippen molar-refractivity contribution in [2.45, 2.75) is 51.9 Å². The molecular formula is C24H29N5O2S. The standard InChI is InChI=1S/C24H29N5O2S/c1-16(2)14-25-22-13-12-21(29(30)31)23(28-22)26-19-10-8-17(9-11-19)20-15-32-24(27-20)18-6-4-3-5-7-18/h8-13,15-16,18H,3-7,14H2,1-2H3,(H2,25,26,28). The average molecular weight is 452 g/mol. The Hall–Kier alpha value is -3.00. The molecular weight excluding hydrogens is 422 g/mol. The first kappa shape index (κ1) is 22.2. The maximum absolute atomic E-state index is 11.5. The molecule has 3 aromatic rings. The monoisotopic (exact) mass is 451 g/mol. The lowest BCUT2D eigenvalue weighted by Gasteiger charge is -2.18. The zero-order valence-electron chi connectivity index (χ0n) is 18.5. The highest BCUT2D eigenvalue weighted by molar-refractivity contribution is 7.10. The van der Waals surface area contributed by atoms with Crippen LogP contribution in [0, 0.1) is 16.0 Å². The molecule has 1 aliphatic rings. The van der Waals surface area contributed by atoms with E-state index in [2.05, 4.69) is 34.8 Å². The average Bonchev–Trinajstić information content (AvgIpc) is 3.29. The van der Waals surface area contributed by atoms with Crippen molar-refractivity contribution in [3.63, 3.8) is 0 Å². The van der Waals surface area contributed by atoms with E-state index in [-0.39, 0.29) is 11.5 Å². The van der Waals surface area contributed by atoms with Crippen LogP contribution in [0.5, 0.6) is 0 Å². The molecule has 8 heteroatoms. The van der Waals surface area contributed by atoms with Gasteiger partial charge in [-0.15, -0.1) is 11.3 Å². The van der Waals surface area contributed by atoms with Crippen LogP contribution in [0.3, 0.4) is 0 Å². The molecule has 0 bridgehead atoms. The van der Waals surface area contributed by atoms with Crippen molar-refractivity contribution < 1.29 is 4.92 Å². The van der Waals surface area contributed by atoms with Gasteiger partial charge in [-0.3, -0.25) is 10.1 Å². The van der Waals surface area contributed by atoms with Crippen LogP contribution in [0.15, 0.2) is 41.8 Å². The van der Waals surface area contributed by atoms with Crippen LogP contribution in [0.25, 0.3) is 11.3 Å². The van der Waals surface area contributed by atoms with Gasteiger partial charge in [0.25, 0.3) is 0 Å². The molecule has 168 valence electrons. The largest absolute Gasteiger partial charge is 0.370 e. The minimum absolute atomic E-state index is 0.0548. The Bertz CT molecular complexity index is 1060. The molecule has 2 aromatic heterocycles. The highest BCUT2D eigenvalue weighted by Gasteiger charge is 2.19. The fourth-order valence-electron chi connectivity index (χ4n) is 3.92. The number of hydrogen-bond donors (Lipinski definition) is 2. The smallest absolute Gasteiger partial charge is 0.311 e. The fraction of sp³-hybridized carbons (Fsp3) is 0.417. The van der Waals surface area contributed by atoms with Crippen LogP contribution < -0.4 is 10.6 Å². The van der Waals surface area contributed by atoms with Crippen LogP contribution in [-0.4, -0.2) is 21.4 Å². The van der Waals surface area contributed by atoms with E-state index in [1.54, 1.807) is 17.4 Å². The van der Waals surface area contributed by atoms with E-state index in [1.165, 1.54) is 43.2 Å². The van der Waals surface area contributed by atoms with E-state index in [0.717, 1.165) is 23.5 Å². The summed E-state index contributed by atoms with van der Waals surface area (Å²) in [5, 5.41) is 21.2. The molecule has 7 nitrogen and oxygen atoms in total. The zero-order valence-corrected chi connectivity index (χ0v) is 19.3. The SMILES string of the molecule is CC(C)CNc1ccc([N+](=O)[O-])c(Nc2ccc(-c3csc(C4CCCCC4)n3)cc2)n1. The number of pyridine rings is 1. The number of benzene rings is 1. The number of aromatic nitrogens is 2.